The van der Waals surface area contributed by atoms with E-state index in [-0.39, 0.29) is 5.82 Å². The minimum atomic E-state index is -0.356. The van der Waals surface area contributed by atoms with Gasteiger partial charge < -0.3 is 5.32 Å². The first-order chi connectivity index (χ1) is 7.15. The van der Waals surface area contributed by atoms with Crippen LogP contribution >= 0.6 is 38.9 Å². The number of nitrogens with zero attached hydrogens (tertiary/aromatic N) is 1. The van der Waals surface area contributed by atoms with Crippen LogP contribution < -0.4 is 5.32 Å². The first-order valence-corrected chi connectivity index (χ1v) is 6.03. The first kappa shape index (κ1) is 10.9. The predicted molar refractivity (Wildman–Crippen MR) is 64.5 cm³/mol. The first-order valence-electron chi connectivity index (χ1n) is 3.98. The molecular formula is C9H5BrClFN2S. The third-order valence-corrected chi connectivity index (χ3v) is 3.35. The second-order valence-corrected chi connectivity index (χ2v) is 4.83. The van der Waals surface area contributed by atoms with Gasteiger partial charge in [-0.1, -0.05) is 11.6 Å². The number of nitrogens with one attached hydrogen (secondary N) is 1. The van der Waals surface area contributed by atoms with E-state index in [1.54, 1.807) is 0 Å². The molecule has 0 saturated heterocycles. The lowest BCUT2D eigenvalue weighted by atomic mass is 10.3. The van der Waals surface area contributed by atoms with E-state index in [4.69, 9.17) is 11.6 Å². The summed E-state index contributed by atoms with van der Waals surface area (Å²) in [5, 5.41) is 5.76. The molecule has 1 aromatic carbocycles. The SMILES string of the molecule is Fc1ccc(Cl)cc1Nc1nc(Br)cs1. The van der Waals surface area contributed by atoms with E-state index >= 15 is 0 Å². The summed E-state index contributed by atoms with van der Waals surface area (Å²) in [6.45, 7) is 0. The summed E-state index contributed by atoms with van der Waals surface area (Å²) < 4.78 is 14.0. The maximum Gasteiger partial charge on any atom is 0.188 e. The van der Waals surface area contributed by atoms with Crippen LogP contribution in [-0.4, -0.2) is 4.98 Å². The summed E-state index contributed by atoms with van der Waals surface area (Å²) in [6.07, 6.45) is 0. The zero-order valence-corrected chi connectivity index (χ0v) is 10.5. The van der Waals surface area contributed by atoms with Gasteiger partial charge in [-0.3, -0.25) is 0 Å². The number of anilines is 2. The van der Waals surface area contributed by atoms with Crippen LogP contribution in [0.2, 0.25) is 5.02 Å². The van der Waals surface area contributed by atoms with Crippen molar-refractivity contribution in [3.05, 3.63) is 39.0 Å². The van der Waals surface area contributed by atoms with Crippen molar-refractivity contribution in [2.45, 2.75) is 0 Å². The molecule has 0 aliphatic carbocycles. The van der Waals surface area contributed by atoms with Crippen molar-refractivity contribution in [3.63, 3.8) is 0 Å². The van der Waals surface area contributed by atoms with Gasteiger partial charge in [-0.25, -0.2) is 9.37 Å². The van der Waals surface area contributed by atoms with E-state index in [1.165, 1.54) is 29.5 Å². The fourth-order valence-corrected chi connectivity index (χ4v) is 2.35. The normalized spacial score (nSPS) is 10.3. The molecule has 0 amide bonds. The van der Waals surface area contributed by atoms with Crippen LogP contribution in [0.3, 0.4) is 0 Å². The molecule has 1 N–H and O–H groups in total. The van der Waals surface area contributed by atoms with Crippen LogP contribution in [0.1, 0.15) is 0 Å². The second-order valence-electron chi connectivity index (χ2n) is 2.72. The van der Waals surface area contributed by atoms with Gasteiger partial charge in [0.15, 0.2) is 5.13 Å². The van der Waals surface area contributed by atoms with Gasteiger partial charge in [0.05, 0.1) is 5.69 Å². The largest absolute Gasteiger partial charge is 0.329 e. The summed E-state index contributed by atoms with van der Waals surface area (Å²) in [5.74, 6) is -0.356. The molecule has 6 heteroatoms. The van der Waals surface area contributed by atoms with Crippen LogP contribution in [0.4, 0.5) is 15.2 Å². The maximum atomic E-state index is 13.3. The van der Waals surface area contributed by atoms with Crippen LogP contribution in [0.5, 0.6) is 0 Å². The Labute approximate surface area is 103 Å². The Hall–Kier alpha value is -0.650. The highest BCUT2D eigenvalue weighted by Crippen LogP contribution is 2.26. The number of halogens is 3. The third kappa shape index (κ3) is 2.68. The molecule has 2 rings (SSSR count). The zero-order valence-electron chi connectivity index (χ0n) is 7.30. The summed E-state index contributed by atoms with van der Waals surface area (Å²) in [4.78, 5) is 4.09. The van der Waals surface area contributed by atoms with Gasteiger partial charge in [0.1, 0.15) is 10.4 Å². The van der Waals surface area contributed by atoms with Gasteiger partial charge in [0.25, 0.3) is 0 Å². The second kappa shape index (κ2) is 4.47. The maximum absolute atomic E-state index is 13.3. The van der Waals surface area contributed by atoms with Crippen LogP contribution in [-0.2, 0) is 0 Å². The highest BCUT2D eigenvalue weighted by Gasteiger charge is 2.05. The molecule has 0 atom stereocenters. The molecule has 0 saturated carbocycles. The van der Waals surface area contributed by atoms with E-state index in [0.717, 1.165) is 4.60 Å². The Morgan fingerprint density at radius 3 is 2.93 bits per heavy atom. The van der Waals surface area contributed by atoms with E-state index in [2.05, 4.69) is 26.2 Å². The molecule has 0 unspecified atom stereocenters. The Balaban J connectivity index is 2.27. The summed E-state index contributed by atoms with van der Waals surface area (Å²) in [6, 6.07) is 4.33. The molecule has 0 bridgehead atoms. The highest BCUT2D eigenvalue weighted by atomic mass is 79.9. The molecule has 0 fully saturated rings. The standard InChI is InChI=1S/C9H5BrClFN2S/c10-8-4-15-9(14-8)13-7-3-5(11)1-2-6(7)12/h1-4H,(H,13,14). The van der Waals surface area contributed by atoms with Crippen LogP contribution in [0.15, 0.2) is 28.2 Å². The van der Waals surface area contributed by atoms with Crippen molar-refractivity contribution in [1.29, 1.82) is 0 Å². The van der Waals surface area contributed by atoms with Gasteiger partial charge in [0.2, 0.25) is 0 Å². The molecule has 15 heavy (non-hydrogen) atoms. The lowest BCUT2D eigenvalue weighted by molar-refractivity contribution is 0.632. The summed E-state index contributed by atoms with van der Waals surface area (Å²) >= 11 is 10.4. The monoisotopic (exact) mass is 306 g/mol. The van der Waals surface area contributed by atoms with E-state index in [0.29, 0.717) is 15.8 Å². The predicted octanol–water partition coefficient (Wildman–Crippen LogP) is 4.44. The van der Waals surface area contributed by atoms with Crippen molar-refractivity contribution in [2.75, 3.05) is 5.32 Å². The topological polar surface area (TPSA) is 24.9 Å². The summed E-state index contributed by atoms with van der Waals surface area (Å²) in [7, 11) is 0. The Kier molecular flexibility index (Phi) is 3.23. The van der Waals surface area contributed by atoms with E-state index < -0.39 is 0 Å². The molecule has 2 nitrogen and oxygen atoms in total. The number of thiazole rings is 1. The van der Waals surface area contributed by atoms with Gasteiger partial charge in [0, 0.05) is 10.4 Å². The fraction of sp³-hybridized carbons (Fsp3) is 0. The molecular weight excluding hydrogens is 303 g/mol. The van der Waals surface area contributed by atoms with Crippen molar-refractivity contribution in [2.24, 2.45) is 0 Å². The Morgan fingerprint density at radius 2 is 2.27 bits per heavy atom. The van der Waals surface area contributed by atoms with E-state index in [9.17, 15) is 4.39 Å². The molecule has 78 valence electrons. The van der Waals surface area contributed by atoms with Crippen molar-refractivity contribution in [1.82, 2.24) is 4.98 Å². The molecule has 0 aliphatic heterocycles. The molecule has 0 aliphatic rings. The number of rotatable bonds is 2. The zero-order chi connectivity index (χ0) is 10.8. The number of aromatic nitrogens is 1. The van der Waals surface area contributed by atoms with Crippen molar-refractivity contribution < 1.29 is 4.39 Å². The van der Waals surface area contributed by atoms with Gasteiger partial charge in [-0.15, -0.1) is 11.3 Å². The minimum absolute atomic E-state index is 0.323. The average molecular weight is 308 g/mol. The number of hydrogen-bond donors (Lipinski definition) is 1. The Morgan fingerprint density at radius 1 is 1.47 bits per heavy atom. The smallest absolute Gasteiger partial charge is 0.188 e. The molecule has 0 radical (unpaired) electrons. The Bertz CT molecular complexity index is 489. The quantitative estimate of drug-likeness (QED) is 0.887. The van der Waals surface area contributed by atoms with Crippen LogP contribution in [0, 0.1) is 5.82 Å². The van der Waals surface area contributed by atoms with Crippen molar-refractivity contribution >= 4 is 49.7 Å². The molecule has 1 aromatic heterocycles. The van der Waals surface area contributed by atoms with Crippen molar-refractivity contribution in [3.8, 4) is 0 Å². The fourth-order valence-electron chi connectivity index (χ4n) is 1.02. The molecule has 2 aromatic rings. The number of benzene rings is 1. The summed E-state index contributed by atoms with van der Waals surface area (Å²) in [5.41, 5.74) is 0.323. The molecule has 1 heterocycles. The highest BCUT2D eigenvalue weighted by molar-refractivity contribution is 9.10. The number of hydrogen-bond acceptors (Lipinski definition) is 3. The third-order valence-electron chi connectivity index (χ3n) is 1.65. The lowest BCUT2D eigenvalue weighted by Crippen LogP contribution is -1.92. The minimum Gasteiger partial charge on any atom is -0.329 e. The average Bonchev–Trinajstić information content (AvgIpc) is 2.58. The molecule has 0 spiro atoms. The van der Waals surface area contributed by atoms with E-state index in [1.807, 2.05) is 5.38 Å². The lowest BCUT2D eigenvalue weighted by Gasteiger charge is -2.03. The van der Waals surface area contributed by atoms with Crippen LogP contribution in [0.25, 0.3) is 0 Å². The van der Waals surface area contributed by atoms with Gasteiger partial charge >= 0.3 is 0 Å². The van der Waals surface area contributed by atoms with Gasteiger partial charge in [-0.2, -0.15) is 0 Å². The van der Waals surface area contributed by atoms with Gasteiger partial charge in [-0.05, 0) is 34.1 Å².